The highest BCUT2D eigenvalue weighted by Gasteiger charge is 2.22. The van der Waals surface area contributed by atoms with E-state index < -0.39 is 18.0 Å². The van der Waals surface area contributed by atoms with Gasteiger partial charge in [-0.3, -0.25) is 9.78 Å². The van der Waals surface area contributed by atoms with Gasteiger partial charge >= 0.3 is 5.97 Å². The normalized spacial score (nSPS) is 10.3. The Bertz CT molecular complexity index is 515. The molecule has 7 heteroatoms. The Morgan fingerprint density at radius 2 is 2.32 bits per heavy atom. The molecule has 0 atom stereocenters. The largest absolute Gasteiger partial charge is 0.466 e. The van der Waals surface area contributed by atoms with Crippen molar-refractivity contribution in [3.05, 3.63) is 28.6 Å². The highest BCUT2D eigenvalue weighted by molar-refractivity contribution is 9.08. The van der Waals surface area contributed by atoms with Crippen molar-refractivity contribution in [3.63, 3.8) is 0 Å². The zero-order valence-electron chi connectivity index (χ0n) is 10.1. The molecule has 0 aliphatic rings. The highest BCUT2D eigenvalue weighted by Crippen LogP contribution is 2.29. The van der Waals surface area contributed by atoms with Crippen LogP contribution < -0.4 is 0 Å². The van der Waals surface area contributed by atoms with Crippen LogP contribution in [0.25, 0.3) is 0 Å². The molecule has 4 nitrogen and oxygen atoms in total. The van der Waals surface area contributed by atoms with Gasteiger partial charge in [0.25, 0.3) is 6.43 Å². The number of ether oxygens (including phenoxy) is 1. The Balaban J connectivity index is 3.24. The molecule has 0 saturated carbocycles. The van der Waals surface area contributed by atoms with Crippen molar-refractivity contribution in [2.45, 2.75) is 25.1 Å². The lowest BCUT2D eigenvalue weighted by Crippen LogP contribution is -2.11. The van der Waals surface area contributed by atoms with Gasteiger partial charge in [-0.15, -0.1) is 0 Å². The van der Waals surface area contributed by atoms with Crippen molar-refractivity contribution < 1.29 is 18.3 Å². The molecule has 19 heavy (non-hydrogen) atoms. The van der Waals surface area contributed by atoms with Gasteiger partial charge in [-0.25, -0.2) is 8.78 Å². The van der Waals surface area contributed by atoms with E-state index in [1.807, 2.05) is 0 Å². The monoisotopic (exact) mass is 332 g/mol. The molecule has 0 spiro atoms. The summed E-state index contributed by atoms with van der Waals surface area (Å²) >= 11 is 3.04. The molecule has 1 heterocycles. The molecule has 1 aromatic rings. The van der Waals surface area contributed by atoms with E-state index in [9.17, 15) is 13.6 Å². The number of carbonyl (C=O) groups is 1. The summed E-state index contributed by atoms with van der Waals surface area (Å²) in [7, 11) is 0. The number of nitriles is 1. The van der Waals surface area contributed by atoms with E-state index in [2.05, 4.69) is 20.9 Å². The minimum Gasteiger partial charge on any atom is -0.466 e. The van der Waals surface area contributed by atoms with E-state index >= 15 is 0 Å². The van der Waals surface area contributed by atoms with Crippen LogP contribution in [0.4, 0.5) is 8.78 Å². The van der Waals surface area contributed by atoms with Crippen molar-refractivity contribution >= 4 is 21.9 Å². The summed E-state index contributed by atoms with van der Waals surface area (Å²) < 4.78 is 30.7. The predicted molar refractivity (Wildman–Crippen MR) is 66.9 cm³/mol. The quantitative estimate of drug-likeness (QED) is 0.614. The van der Waals surface area contributed by atoms with E-state index in [0.717, 1.165) is 0 Å². The lowest BCUT2D eigenvalue weighted by atomic mass is 10.0. The molecule has 1 rings (SSSR count). The topological polar surface area (TPSA) is 63.0 Å². The molecule has 102 valence electrons. The van der Waals surface area contributed by atoms with Crippen LogP contribution >= 0.6 is 15.9 Å². The molecule has 0 aliphatic carbocycles. The number of halogens is 3. The maximum Gasteiger partial charge on any atom is 0.310 e. The van der Waals surface area contributed by atoms with Crippen LogP contribution in [0.2, 0.25) is 0 Å². The number of rotatable bonds is 5. The van der Waals surface area contributed by atoms with Crippen LogP contribution in [-0.2, 0) is 21.3 Å². The third kappa shape index (κ3) is 3.70. The van der Waals surface area contributed by atoms with Gasteiger partial charge in [-0.1, -0.05) is 15.9 Å². The van der Waals surface area contributed by atoms with Crippen LogP contribution in [-0.4, -0.2) is 17.6 Å². The third-order valence-electron chi connectivity index (χ3n) is 2.37. The average molecular weight is 333 g/mol. The number of esters is 1. The second-order valence-electron chi connectivity index (χ2n) is 3.55. The van der Waals surface area contributed by atoms with Crippen LogP contribution in [0.15, 0.2) is 6.20 Å². The Morgan fingerprint density at radius 3 is 2.79 bits per heavy atom. The van der Waals surface area contributed by atoms with Gasteiger partial charge in [0.15, 0.2) is 0 Å². The van der Waals surface area contributed by atoms with E-state index in [1.165, 1.54) is 6.20 Å². The molecule has 1 aromatic heterocycles. The summed E-state index contributed by atoms with van der Waals surface area (Å²) in [6.45, 7) is 1.83. The number of nitrogens with zero attached hydrogens (tertiary/aromatic N) is 2. The molecule has 0 bridgehead atoms. The van der Waals surface area contributed by atoms with Crippen LogP contribution in [0.1, 0.15) is 35.7 Å². The van der Waals surface area contributed by atoms with Crippen molar-refractivity contribution in [3.8, 4) is 6.07 Å². The fraction of sp³-hybridized carbons (Fsp3) is 0.417. The first-order chi connectivity index (χ1) is 9.04. The van der Waals surface area contributed by atoms with E-state index in [-0.39, 0.29) is 35.2 Å². The van der Waals surface area contributed by atoms with Crippen molar-refractivity contribution in [2.75, 3.05) is 6.61 Å². The zero-order chi connectivity index (χ0) is 14.4. The van der Waals surface area contributed by atoms with Crippen molar-refractivity contribution in [1.82, 2.24) is 4.98 Å². The summed E-state index contributed by atoms with van der Waals surface area (Å²) in [4.78, 5) is 15.2. The first-order valence-electron chi connectivity index (χ1n) is 5.45. The van der Waals surface area contributed by atoms with E-state index in [4.69, 9.17) is 10.00 Å². The summed E-state index contributed by atoms with van der Waals surface area (Å²) in [5.74, 6) is -0.576. The number of alkyl halides is 3. The van der Waals surface area contributed by atoms with Gasteiger partial charge in [0, 0.05) is 11.5 Å². The van der Waals surface area contributed by atoms with Gasteiger partial charge in [-0.2, -0.15) is 5.26 Å². The minimum atomic E-state index is -2.82. The Hall–Kier alpha value is -1.55. The Labute approximate surface area is 117 Å². The Kier molecular flexibility index (Phi) is 5.83. The molecule has 0 unspecified atom stereocenters. The zero-order valence-corrected chi connectivity index (χ0v) is 11.7. The van der Waals surface area contributed by atoms with E-state index in [1.54, 1.807) is 13.0 Å². The smallest absolute Gasteiger partial charge is 0.310 e. The van der Waals surface area contributed by atoms with Crippen LogP contribution in [0, 0.1) is 11.3 Å². The predicted octanol–water partition coefficient (Wildman–Crippen LogP) is 2.89. The molecular formula is C12H11BrF2N2O2. The lowest BCUT2D eigenvalue weighted by molar-refractivity contribution is -0.142. The second-order valence-corrected chi connectivity index (χ2v) is 4.11. The second kappa shape index (κ2) is 7.14. The van der Waals surface area contributed by atoms with Gasteiger partial charge in [0.05, 0.1) is 29.8 Å². The molecule has 0 N–H and O–H groups in total. The van der Waals surface area contributed by atoms with Gasteiger partial charge < -0.3 is 4.74 Å². The minimum absolute atomic E-state index is 0.0964. The highest BCUT2D eigenvalue weighted by atomic mass is 79.9. The molecule has 0 amide bonds. The molecular weight excluding hydrogens is 322 g/mol. The first kappa shape index (κ1) is 15.5. The van der Waals surface area contributed by atoms with Gasteiger partial charge in [-0.05, 0) is 12.5 Å². The maximum atomic E-state index is 13.0. The molecule has 0 fully saturated rings. The van der Waals surface area contributed by atoms with Crippen LogP contribution in [0.5, 0.6) is 0 Å². The fourth-order valence-electron chi connectivity index (χ4n) is 1.58. The van der Waals surface area contributed by atoms with E-state index in [0.29, 0.717) is 0 Å². The number of aromatic nitrogens is 1. The third-order valence-corrected chi connectivity index (χ3v) is 2.91. The van der Waals surface area contributed by atoms with Crippen molar-refractivity contribution in [1.29, 1.82) is 5.26 Å². The molecule has 0 aromatic carbocycles. The fourth-order valence-corrected chi connectivity index (χ4v) is 2.03. The molecule has 0 saturated heterocycles. The van der Waals surface area contributed by atoms with Crippen LogP contribution in [0.3, 0.4) is 0 Å². The SMILES string of the molecule is CCOC(=O)Cc1cnc(CBr)c(C(F)F)c1C#N. The lowest BCUT2D eigenvalue weighted by Gasteiger charge is -2.11. The summed E-state index contributed by atoms with van der Waals surface area (Å²) in [6, 6.07) is 1.72. The molecule has 0 aliphatic heterocycles. The van der Waals surface area contributed by atoms with Gasteiger partial charge in [0.2, 0.25) is 0 Å². The standard InChI is InChI=1S/C12H11BrF2N2O2/c1-2-19-10(18)3-7-6-17-9(4-13)11(12(14)15)8(7)5-16/h6,12H,2-4H2,1H3. The summed E-state index contributed by atoms with van der Waals surface area (Å²) in [5, 5.41) is 9.14. The number of carbonyl (C=O) groups excluding carboxylic acids is 1. The summed E-state index contributed by atoms with van der Waals surface area (Å²) in [6.07, 6.45) is -1.80. The van der Waals surface area contributed by atoms with Gasteiger partial charge in [0.1, 0.15) is 6.07 Å². The number of pyridine rings is 1. The maximum absolute atomic E-state index is 13.0. The van der Waals surface area contributed by atoms with Crippen molar-refractivity contribution in [2.24, 2.45) is 0 Å². The number of hydrogen-bond donors (Lipinski definition) is 0. The average Bonchev–Trinajstić information content (AvgIpc) is 2.38. The summed E-state index contributed by atoms with van der Waals surface area (Å²) in [5.41, 5.74) is -0.381. The number of hydrogen-bond acceptors (Lipinski definition) is 4. The molecule has 0 radical (unpaired) electrons. The Morgan fingerprint density at radius 1 is 1.63 bits per heavy atom. The first-order valence-corrected chi connectivity index (χ1v) is 6.57.